The summed E-state index contributed by atoms with van der Waals surface area (Å²) < 4.78 is 0. The van der Waals surface area contributed by atoms with E-state index >= 15 is 0 Å². The molecule has 2 rings (SSSR count). The van der Waals surface area contributed by atoms with E-state index in [1.807, 2.05) is 0 Å². The highest BCUT2D eigenvalue weighted by molar-refractivity contribution is 9.09. The largest absolute Gasteiger partial charge is 0.504 e. The molecule has 0 heterocycles. The zero-order valence-corrected chi connectivity index (χ0v) is 12.9. The van der Waals surface area contributed by atoms with Crippen molar-refractivity contribution in [2.45, 2.75) is 25.7 Å². The smallest absolute Gasteiger partial charge is 0.255 e. The number of amides is 1. The van der Waals surface area contributed by atoms with Crippen LogP contribution in [0.4, 0.5) is 0 Å². The first-order chi connectivity index (χ1) is 9.63. The summed E-state index contributed by atoms with van der Waals surface area (Å²) in [6.07, 6.45) is 4.79. The van der Waals surface area contributed by atoms with Crippen molar-refractivity contribution in [1.82, 2.24) is 5.32 Å². The molecule has 4 nitrogen and oxygen atoms in total. The van der Waals surface area contributed by atoms with E-state index in [0.29, 0.717) is 18.4 Å². The van der Waals surface area contributed by atoms with Crippen LogP contribution in [0.3, 0.4) is 0 Å². The topological polar surface area (TPSA) is 69.6 Å². The third-order valence-corrected chi connectivity index (χ3v) is 4.88. The molecule has 110 valence electrons. The van der Waals surface area contributed by atoms with Crippen molar-refractivity contribution in [3.8, 4) is 11.5 Å². The predicted octanol–water partition coefficient (Wildman–Crippen LogP) is 3.03. The Morgan fingerprint density at radius 2 is 1.95 bits per heavy atom. The summed E-state index contributed by atoms with van der Waals surface area (Å²) in [5.41, 5.74) is 0.121. The fourth-order valence-electron chi connectivity index (χ4n) is 2.79. The number of halogens is 1. The highest BCUT2D eigenvalue weighted by Crippen LogP contribution is 2.31. The lowest BCUT2D eigenvalue weighted by atomic mass is 9.80. The zero-order valence-electron chi connectivity index (χ0n) is 11.3. The molecule has 0 aliphatic heterocycles. The van der Waals surface area contributed by atoms with E-state index in [4.69, 9.17) is 0 Å². The summed E-state index contributed by atoms with van der Waals surface area (Å²) in [7, 11) is 0. The molecular formula is C15H20BrNO3. The molecule has 1 saturated carbocycles. The van der Waals surface area contributed by atoms with Crippen LogP contribution in [-0.2, 0) is 0 Å². The van der Waals surface area contributed by atoms with E-state index < -0.39 is 0 Å². The SMILES string of the molecule is O=C(NCC1CCCCC1CBr)c1cccc(O)c1O. The lowest BCUT2D eigenvalue weighted by Gasteiger charge is -2.30. The number of aromatic hydroxyl groups is 2. The molecule has 1 fully saturated rings. The molecule has 0 saturated heterocycles. The minimum absolute atomic E-state index is 0.121. The van der Waals surface area contributed by atoms with Gasteiger partial charge >= 0.3 is 0 Å². The van der Waals surface area contributed by atoms with Gasteiger partial charge in [-0.2, -0.15) is 0 Å². The molecule has 1 aromatic rings. The van der Waals surface area contributed by atoms with Crippen molar-refractivity contribution in [3.63, 3.8) is 0 Å². The van der Waals surface area contributed by atoms with Gasteiger partial charge in [0.2, 0.25) is 0 Å². The molecule has 0 radical (unpaired) electrons. The second kappa shape index (κ2) is 6.97. The summed E-state index contributed by atoms with van der Waals surface area (Å²) in [6, 6.07) is 4.41. The van der Waals surface area contributed by atoms with Crippen LogP contribution in [0.25, 0.3) is 0 Å². The van der Waals surface area contributed by atoms with Crippen molar-refractivity contribution in [3.05, 3.63) is 23.8 Å². The number of carbonyl (C=O) groups is 1. The first kappa shape index (κ1) is 15.2. The number of nitrogens with one attached hydrogen (secondary N) is 1. The monoisotopic (exact) mass is 341 g/mol. The number of alkyl halides is 1. The Labute approximate surface area is 127 Å². The number of para-hydroxylation sites is 1. The van der Waals surface area contributed by atoms with E-state index in [1.54, 1.807) is 6.07 Å². The second-order valence-corrected chi connectivity index (χ2v) is 5.99. The summed E-state index contributed by atoms with van der Waals surface area (Å²) in [4.78, 5) is 12.1. The van der Waals surface area contributed by atoms with Gasteiger partial charge in [-0.15, -0.1) is 0 Å². The van der Waals surface area contributed by atoms with Crippen molar-refractivity contribution in [2.24, 2.45) is 11.8 Å². The molecular weight excluding hydrogens is 322 g/mol. The van der Waals surface area contributed by atoms with E-state index in [9.17, 15) is 15.0 Å². The standard InChI is InChI=1S/C15H20BrNO3/c16-8-10-4-1-2-5-11(10)9-17-15(20)12-6-3-7-13(18)14(12)19/h3,6-7,10-11,18-19H,1-2,4-5,8-9H2,(H,17,20). The number of rotatable bonds is 4. The molecule has 0 spiro atoms. The van der Waals surface area contributed by atoms with E-state index in [0.717, 1.165) is 11.8 Å². The second-order valence-electron chi connectivity index (χ2n) is 5.34. The Balaban J connectivity index is 1.96. The molecule has 1 aliphatic carbocycles. The highest BCUT2D eigenvalue weighted by Gasteiger charge is 2.25. The summed E-state index contributed by atoms with van der Waals surface area (Å²) in [6.45, 7) is 0.615. The molecule has 0 aromatic heterocycles. The van der Waals surface area contributed by atoms with E-state index in [2.05, 4.69) is 21.2 Å². The van der Waals surface area contributed by atoms with Crippen LogP contribution in [0.5, 0.6) is 11.5 Å². The van der Waals surface area contributed by atoms with Gasteiger partial charge in [-0.05, 0) is 36.8 Å². The van der Waals surface area contributed by atoms with Gasteiger partial charge < -0.3 is 15.5 Å². The Kier molecular flexibility index (Phi) is 5.29. The van der Waals surface area contributed by atoms with Crippen LogP contribution in [0.2, 0.25) is 0 Å². The summed E-state index contributed by atoms with van der Waals surface area (Å²) >= 11 is 3.54. The van der Waals surface area contributed by atoms with Crippen LogP contribution in [0.15, 0.2) is 18.2 Å². The average molecular weight is 342 g/mol. The van der Waals surface area contributed by atoms with Crippen molar-refractivity contribution < 1.29 is 15.0 Å². The molecule has 1 aromatic carbocycles. The van der Waals surface area contributed by atoms with Gasteiger partial charge in [0.1, 0.15) is 0 Å². The molecule has 0 bridgehead atoms. The Morgan fingerprint density at radius 3 is 2.65 bits per heavy atom. The van der Waals surface area contributed by atoms with Crippen molar-refractivity contribution in [1.29, 1.82) is 0 Å². The van der Waals surface area contributed by atoms with Gasteiger partial charge in [0.05, 0.1) is 5.56 Å². The molecule has 20 heavy (non-hydrogen) atoms. The summed E-state index contributed by atoms with van der Waals surface area (Å²) in [5.74, 6) is 0.116. The van der Waals surface area contributed by atoms with Crippen LogP contribution >= 0.6 is 15.9 Å². The maximum absolute atomic E-state index is 12.1. The van der Waals surface area contributed by atoms with Gasteiger partial charge in [-0.1, -0.05) is 34.8 Å². The van der Waals surface area contributed by atoms with Crippen molar-refractivity contribution in [2.75, 3.05) is 11.9 Å². The van der Waals surface area contributed by atoms with Crippen LogP contribution < -0.4 is 5.32 Å². The molecule has 3 N–H and O–H groups in total. The average Bonchev–Trinajstić information content (AvgIpc) is 2.48. The van der Waals surface area contributed by atoms with Gasteiger partial charge in [0.25, 0.3) is 5.91 Å². The third kappa shape index (κ3) is 3.45. The van der Waals surface area contributed by atoms with E-state index in [1.165, 1.54) is 31.4 Å². The number of phenols is 2. The zero-order chi connectivity index (χ0) is 14.5. The molecule has 5 heteroatoms. The minimum Gasteiger partial charge on any atom is -0.504 e. The number of phenolic OH excluding ortho intramolecular Hbond substituents is 2. The lowest BCUT2D eigenvalue weighted by molar-refractivity contribution is 0.0933. The summed E-state index contributed by atoms with van der Waals surface area (Å²) in [5, 5.41) is 22.9. The van der Waals surface area contributed by atoms with Gasteiger partial charge in [0.15, 0.2) is 11.5 Å². The van der Waals surface area contributed by atoms with Crippen molar-refractivity contribution >= 4 is 21.8 Å². The Morgan fingerprint density at radius 1 is 1.25 bits per heavy atom. The highest BCUT2D eigenvalue weighted by atomic mass is 79.9. The fraction of sp³-hybridized carbons (Fsp3) is 0.533. The Bertz CT molecular complexity index is 478. The minimum atomic E-state index is -0.356. The number of benzene rings is 1. The maximum atomic E-state index is 12.1. The molecule has 2 atom stereocenters. The van der Waals surface area contributed by atoms with Gasteiger partial charge in [-0.25, -0.2) is 0 Å². The van der Waals surface area contributed by atoms with Crippen LogP contribution in [0.1, 0.15) is 36.0 Å². The Hall–Kier alpha value is -1.23. The maximum Gasteiger partial charge on any atom is 0.255 e. The number of carbonyl (C=O) groups excluding carboxylic acids is 1. The lowest BCUT2D eigenvalue weighted by Crippen LogP contribution is -2.34. The van der Waals surface area contributed by atoms with Crippen LogP contribution in [0, 0.1) is 11.8 Å². The number of hydrogen-bond acceptors (Lipinski definition) is 3. The first-order valence-electron chi connectivity index (χ1n) is 6.98. The van der Waals surface area contributed by atoms with E-state index in [-0.39, 0.29) is 23.0 Å². The molecule has 2 unspecified atom stereocenters. The quantitative estimate of drug-likeness (QED) is 0.582. The molecule has 1 aliphatic rings. The normalized spacial score (nSPS) is 22.4. The van der Waals surface area contributed by atoms with Crippen LogP contribution in [-0.4, -0.2) is 28.0 Å². The predicted molar refractivity (Wildman–Crippen MR) is 81.3 cm³/mol. The third-order valence-electron chi connectivity index (χ3n) is 4.05. The van der Waals surface area contributed by atoms with Gasteiger partial charge in [0, 0.05) is 11.9 Å². The fourth-order valence-corrected chi connectivity index (χ4v) is 3.64. The van der Waals surface area contributed by atoms with Gasteiger partial charge in [-0.3, -0.25) is 4.79 Å². The number of hydrogen-bond donors (Lipinski definition) is 3. The molecule has 1 amide bonds. The first-order valence-corrected chi connectivity index (χ1v) is 8.10.